The number of carbonyl (C=O) groups excluding carboxylic acids is 2. The van der Waals surface area contributed by atoms with E-state index in [0.29, 0.717) is 39.1 Å². The van der Waals surface area contributed by atoms with Gasteiger partial charge in [0.05, 0.1) is 6.10 Å². The minimum atomic E-state index is 0. The summed E-state index contributed by atoms with van der Waals surface area (Å²) in [5.74, 6) is 0.247. The lowest BCUT2D eigenvalue weighted by atomic mass is 9.95. The third kappa shape index (κ3) is 8.07. The zero-order valence-corrected chi connectivity index (χ0v) is 17.8. The Hall–Kier alpha value is -1.79. The van der Waals surface area contributed by atoms with Gasteiger partial charge < -0.3 is 20.7 Å². The Morgan fingerprint density at radius 2 is 1.93 bits per heavy atom. The SMILES string of the molecule is CC(C)OCCCNC(=O)C1CCN(C(=O)CCc2ccccc2N)CC1.Cl. The zero-order valence-electron chi connectivity index (χ0n) is 17.0. The summed E-state index contributed by atoms with van der Waals surface area (Å²) in [6, 6.07) is 7.66. The molecule has 0 atom stereocenters. The van der Waals surface area contributed by atoms with Crippen LogP contribution in [0.3, 0.4) is 0 Å². The molecule has 3 N–H and O–H groups in total. The number of aryl methyl sites for hydroxylation is 1. The average Bonchev–Trinajstić information content (AvgIpc) is 2.66. The number of hydrogen-bond donors (Lipinski definition) is 2. The molecule has 1 aliphatic rings. The molecule has 2 amide bonds. The minimum absolute atomic E-state index is 0. The molecule has 158 valence electrons. The van der Waals surface area contributed by atoms with Gasteiger partial charge in [-0.2, -0.15) is 0 Å². The number of nitrogens with two attached hydrogens (primary N) is 1. The summed E-state index contributed by atoms with van der Waals surface area (Å²) in [6.45, 7) is 6.61. The lowest BCUT2D eigenvalue weighted by molar-refractivity contribution is -0.135. The highest BCUT2D eigenvalue weighted by molar-refractivity contribution is 5.85. The Balaban J connectivity index is 0.00000392. The van der Waals surface area contributed by atoms with Crippen molar-refractivity contribution in [2.75, 3.05) is 32.0 Å². The highest BCUT2D eigenvalue weighted by atomic mass is 35.5. The number of hydrogen-bond acceptors (Lipinski definition) is 4. The molecule has 6 nitrogen and oxygen atoms in total. The normalized spacial score (nSPS) is 14.6. The van der Waals surface area contributed by atoms with E-state index >= 15 is 0 Å². The summed E-state index contributed by atoms with van der Waals surface area (Å²) in [7, 11) is 0. The molecule has 0 saturated carbocycles. The van der Waals surface area contributed by atoms with Crippen LogP contribution in [-0.2, 0) is 20.7 Å². The van der Waals surface area contributed by atoms with Crippen molar-refractivity contribution < 1.29 is 14.3 Å². The molecule has 0 aliphatic carbocycles. The van der Waals surface area contributed by atoms with Crippen LogP contribution in [-0.4, -0.2) is 49.1 Å². The van der Waals surface area contributed by atoms with Gasteiger partial charge in [-0.3, -0.25) is 9.59 Å². The van der Waals surface area contributed by atoms with Gasteiger partial charge in [-0.25, -0.2) is 0 Å². The van der Waals surface area contributed by atoms with Crippen molar-refractivity contribution in [3.05, 3.63) is 29.8 Å². The molecular weight excluding hydrogens is 378 g/mol. The minimum Gasteiger partial charge on any atom is -0.399 e. The van der Waals surface area contributed by atoms with Crippen molar-refractivity contribution >= 4 is 29.9 Å². The molecule has 7 heteroatoms. The molecule has 0 spiro atoms. The molecule has 1 aromatic carbocycles. The fourth-order valence-electron chi connectivity index (χ4n) is 3.30. The molecule has 0 radical (unpaired) electrons. The Labute approximate surface area is 174 Å². The summed E-state index contributed by atoms with van der Waals surface area (Å²) >= 11 is 0. The Bertz CT molecular complexity index is 617. The van der Waals surface area contributed by atoms with Crippen LogP contribution in [0.5, 0.6) is 0 Å². The Morgan fingerprint density at radius 3 is 2.57 bits per heavy atom. The lowest BCUT2D eigenvalue weighted by Crippen LogP contribution is -2.43. The molecule has 28 heavy (non-hydrogen) atoms. The van der Waals surface area contributed by atoms with Crippen LogP contribution in [0, 0.1) is 5.92 Å². The molecule has 0 unspecified atom stereocenters. The molecule has 1 aromatic rings. The van der Waals surface area contributed by atoms with Gasteiger partial charge in [0.15, 0.2) is 0 Å². The number of rotatable bonds is 9. The van der Waals surface area contributed by atoms with Crippen molar-refractivity contribution in [2.24, 2.45) is 5.92 Å². The van der Waals surface area contributed by atoms with Crippen LogP contribution in [0.1, 0.15) is 45.1 Å². The van der Waals surface area contributed by atoms with Gasteiger partial charge in [-0.15, -0.1) is 12.4 Å². The van der Waals surface area contributed by atoms with Crippen LogP contribution in [0.2, 0.25) is 0 Å². The van der Waals surface area contributed by atoms with E-state index in [2.05, 4.69) is 5.32 Å². The van der Waals surface area contributed by atoms with E-state index < -0.39 is 0 Å². The number of halogens is 1. The van der Waals surface area contributed by atoms with Crippen LogP contribution in [0.25, 0.3) is 0 Å². The first-order valence-corrected chi connectivity index (χ1v) is 9.98. The van der Waals surface area contributed by atoms with E-state index in [1.807, 2.05) is 43.0 Å². The Kier molecular flexibility index (Phi) is 10.9. The van der Waals surface area contributed by atoms with Gasteiger partial charge in [0, 0.05) is 44.3 Å². The van der Waals surface area contributed by atoms with Crippen molar-refractivity contribution in [3.63, 3.8) is 0 Å². The van der Waals surface area contributed by atoms with Crippen molar-refractivity contribution in [1.29, 1.82) is 0 Å². The maximum absolute atomic E-state index is 12.4. The number of piperidine rings is 1. The number of anilines is 1. The highest BCUT2D eigenvalue weighted by Crippen LogP contribution is 2.19. The third-order valence-electron chi connectivity index (χ3n) is 4.95. The zero-order chi connectivity index (χ0) is 19.6. The van der Waals surface area contributed by atoms with Gasteiger partial charge in [0.25, 0.3) is 0 Å². The Morgan fingerprint density at radius 1 is 1.25 bits per heavy atom. The number of nitrogen functional groups attached to an aromatic ring is 1. The van der Waals surface area contributed by atoms with Gasteiger partial charge in [-0.05, 0) is 51.2 Å². The fraction of sp³-hybridized carbons (Fsp3) is 0.619. The third-order valence-corrected chi connectivity index (χ3v) is 4.95. The molecule has 1 heterocycles. The number of benzene rings is 1. The van der Waals surface area contributed by atoms with E-state index in [1.165, 1.54) is 0 Å². The van der Waals surface area contributed by atoms with E-state index in [9.17, 15) is 9.59 Å². The summed E-state index contributed by atoms with van der Waals surface area (Å²) in [5, 5.41) is 2.99. The monoisotopic (exact) mass is 411 g/mol. The first kappa shape index (κ1) is 24.2. The van der Waals surface area contributed by atoms with Gasteiger partial charge in [0.1, 0.15) is 0 Å². The second kappa shape index (κ2) is 12.6. The molecule has 1 fully saturated rings. The first-order chi connectivity index (χ1) is 13.0. The molecule has 1 aliphatic heterocycles. The van der Waals surface area contributed by atoms with E-state index in [4.69, 9.17) is 10.5 Å². The number of nitrogens with zero attached hydrogens (tertiary/aromatic N) is 1. The van der Waals surface area contributed by atoms with Gasteiger partial charge in [-0.1, -0.05) is 18.2 Å². The maximum atomic E-state index is 12.4. The topological polar surface area (TPSA) is 84.7 Å². The number of amides is 2. The van der Waals surface area contributed by atoms with E-state index in [1.54, 1.807) is 0 Å². The van der Waals surface area contributed by atoms with Crippen LogP contribution < -0.4 is 11.1 Å². The van der Waals surface area contributed by atoms with Gasteiger partial charge in [0.2, 0.25) is 11.8 Å². The van der Waals surface area contributed by atoms with Crippen molar-refractivity contribution in [3.8, 4) is 0 Å². The summed E-state index contributed by atoms with van der Waals surface area (Å²) in [4.78, 5) is 26.6. The quantitative estimate of drug-likeness (QED) is 0.483. The van der Waals surface area contributed by atoms with Crippen molar-refractivity contribution in [1.82, 2.24) is 10.2 Å². The summed E-state index contributed by atoms with van der Waals surface area (Å²) < 4.78 is 5.47. The molecule has 0 aromatic heterocycles. The van der Waals surface area contributed by atoms with Crippen LogP contribution in [0.4, 0.5) is 5.69 Å². The number of carbonyl (C=O) groups is 2. The van der Waals surface area contributed by atoms with E-state index in [-0.39, 0.29) is 36.2 Å². The van der Waals surface area contributed by atoms with Crippen molar-refractivity contribution in [2.45, 2.75) is 52.1 Å². The summed E-state index contributed by atoms with van der Waals surface area (Å²) in [6.07, 6.45) is 3.62. The molecule has 0 bridgehead atoms. The lowest BCUT2D eigenvalue weighted by Gasteiger charge is -2.31. The summed E-state index contributed by atoms with van der Waals surface area (Å²) in [5.41, 5.74) is 7.68. The standard InChI is InChI=1S/C21H33N3O3.ClH/c1-16(2)27-15-5-12-23-21(26)18-10-13-24(14-11-18)20(25)9-8-17-6-3-4-7-19(17)22;/h3-4,6-7,16,18H,5,8-15,22H2,1-2H3,(H,23,26);1H. The number of likely N-dealkylation sites (tertiary alicyclic amines) is 1. The van der Waals surface area contributed by atoms with E-state index in [0.717, 1.165) is 30.5 Å². The average molecular weight is 412 g/mol. The van der Waals surface area contributed by atoms with Gasteiger partial charge >= 0.3 is 0 Å². The predicted octanol–water partition coefficient (Wildman–Crippen LogP) is 2.79. The highest BCUT2D eigenvalue weighted by Gasteiger charge is 2.26. The molecule has 1 saturated heterocycles. The molecular formula is C21H34ClN3O3. The first-order valence-electron chi connectivity index (χ1n) is 9.98. The second-order valence-electron chi connectivity index (χ2n) is 7.42. The number of ether oxygens (including phenoxy) is 1. The smallest absolute Gasteiger partial charge is 0.223 e. The number of nitrogens with one attached hydrogen (secondary N) is 1. The maximum Gasteiger partial charge on any atom is 0.223 e. The van der Waals surface area contributed by atoms with Crippen LogP contribution in [0.15, 0.2) is 24.3 Å². The second-order valence-corrected chi connectivity index (χ2v) is 7.42. The predicted molar refractivity (Wildman–Crippen MR) is 114 cm³/mol. The number of para-hydroxylation sites is 1. The largest absolute Gasteiger partial charge is 0.399 e. The molecule has 2 rings (SSSR count). The fourth-order valence-corrected chi connectivity index (χ4v) is 3.30. The van der Waals surface area contributed by atoms with Crippen LogP contribution >= 0.6 is 12.4 Å².